The zero-order valence-corrected chi connectivity index (χ0v) is 12.0. The van der Waals surface area contributed by atoms with Crippen molar-refractivity contribution < 1.29 is 0 Å². The van der Waals surface area contributed by atoms with Gasteiger partial charge in [-0.3, -0.25) is 0 Å². The molecule has 0 bridgehead atoms. The molecule has 2 aromatic rings. The van der Waals surface area contributed by atoms with E-state index in [0.717, 1.165) is 11.4 Å². The molecule has 0 unspecified atom stereocenters. The fraction of sp³-hybridized carbons (Fsp3) is 0.214. The Balaban J connectivity index is 2.30. The monoisotopic (exact) mass is 276 g/mol. The molecule has 5 heteroatoms. The van der Waals surface area contributed by atoms with Crippen LogP contribution in [0.1, 0.15) is 5.56 Å². The highest BCUT2D eigenvalue weighted by molar-refractivity contribution is 6.29. The van der Waals surface area contributed by atoms with E-state index >= 15 is 0 Å². The van der Waals surface area contributed by atoms with Crippen molar-refractivity contribution in [3.63, 3.8) is 0 Å². The molecule has 19 heavy (non-hydrogen) atoms. The summed E-state index contributed by atoms with van der Waals surface area (Å²) in [6.07, 6.45) is 0. The number of benzene rings is 1. The molecular weight excluding hydrogens is 260 g/mol. The third-order valence-corrected chi connectivity index (χ3v) is 2.97. The fourth-order valence-electron chi connectivity index (χ4n) is 1.90. The van der Waals surface area contributed by atoms with Crippen LogP contribution in [0.2, 0.25) is 5.15 Å². The Morgan fingerprint density at radius 3 is 2.58 bits per heavy atom. The summed E-state index contributed by atoms with van der Waals surface area (Å²) < 4.78 is 0. The van der Waals surface area contributed by atoms with Gasteiger partial charge in [0.1, 0.15) is 11.0 Å². The molecule has 0 spiro atoms. The van der Waals surface area contributed by atoms with Gasteiger partial charge in [0.05, 0.1) is 0 Å². The highest BCUT2D eigenvalue weighted by atomic mass is 35.5. The molecular formula is C14H17ClN4. The van der Waals surface area contributed by atoms with Crippen LogP contribution in [0, 0.1) is 6.92 Å². The number of halogens is 1. The zero-order valence-electron chi connectivity index (χ0n) is 11.2. The second kappa shape index (κ2) is 5.36. The quantitative estimate of drug-likeness (QED) is 0.844. The molecule has 0 aliphatic rings. The molecule has 1 heterocycles. The molecule has 0 atom stereocenters. The van der Waals surface area contributed by atoms with Crippen LogP contribution in [0.15, 0.2) is 30.3 Å². The Hall–Kier alpha value is -1.94. The number of nitrogens with zero attached hydrogens (tertiary/aromatic N) is 2. The molecule has 1 aromatic heterocycles. The normalized spacial score (nSPS) is 10.3. The zero-order chi connectivity index (χ0) is 14.0. The molecule has 0 amide bonds. The standard InChI is InChI=1S/C14H17ClN4/c1-9-4-5-11(8-12(9)19(2)3)17-14-7-10(16)6-13(15)18-14/h4-8H,1-3H3,(H3,16,17,18). The predicted octanol–water partition coefficient (Wildman–Crippen LogP) is 3.44. The number of nitrogen functional groups attached to an aromatic ring is 1. The molecule has 0 radical (unpaired) electrons. The number of hydrogen-bond donors (Lipinski definition) is 2. The number of nitrogens with two attached hydrogens (primary N) is 1. The van der Waals surface area contributed by atoms with Gasteiger partial charge in [0, 0.05) is 37.2 Å². The van der Waals surface area contributed by atoms with Gasteiger partial charge < -0.3 is 16.0 Å². The number of rotatable bonds is 3. The lowest BCUT2D eigenvalue weighted by molar-refractivity contribution is 1.11. The number of aromatic nitrogens is 1. The van der Waals surface area contributed by atoms with Crippen LogP contribution >= 0.6 is 11.6 Å². The first-order chi connectivity index (χ1) is 8.95. The Labute approximate surface area is 118 Å². The first-order valence-corrected chi connectivity index (χ1v) is 6.31. The minimum absolute atomic E-state index is 0.377. The van der Waals surface area contributed by atoms with Crippen LogP contribution < -0.4 is 16.0 Å². The fourth-order valence-corrected chi connectivity index (χ4v) is 2.11. The van der Waals surface area contributed by atoms with Crippen LogP contribution in [-0.2, 0) is 0 Å². The molecule has 0 saturated heterocycles. The molecule has 0 aliphatic heterocycles. The van der Waals surface area contributed by atoms with E-state index in [4.69, 9.17) is 17.3 Å². The third kappa shape index (κ3) is 3.29. The van der Waals surface area contributed by atoms with Gasteiger partial charge in [0.25, 0.3) is 0 Å². The Bertz CT molecular complexity index is 576. The van der Waals surface area contributed by atoms with Crippen molar-refractivity contribution in [2.75, 3.05) is 30.0 Å². The maximum absolute atomic E-state index is 5.88. The number of anilines is 4. The van der Waals surface area contributed by atoms with Crippen molar-refractivity contribution in [1.29, 1.82) is 0 Å². The second-order valence-electron chi connectivity index (χ2n) is 4.63. The first-order valence-electron chi connectivity index (χ1n) is 5.94. The average Bonchev–Trinajstić information content (AvgIpc) is 2.30. The highest BCUT2D eigenvalue weighted by Gasteiger charge is 2.04. The van der Waals surface area contributed by atoms with Crippen molar-refractivity contribution in [3.05, 3.63) is 41.0 Å². The van der Waals surface area contributed by atoms with Gasteiger partial charge in [-0.15, -0.1) is 0 Å². The summed E-state index contributed by atoms with van der Waals surface area (Å²) in [6, 6.07) is 9.50. The van der Waals surface area contributed by atoms with E-state index in [0.29, 0.717) is 16.7 Å². The van der Waals surface area contributed by atoms with Gasteiger partial charge >= 0.3 is 0 Å². The molecule has 3 N–H and O–H groups in total. The van der Waals surface area contributed by atoms with Crippen LogP contribution in [0.3, 0.4) is 0 Å². The van der Waals surface area contributed by atoms with Crippen LogP contribution in [0.5, 0.6) is 0 Å². The summed E-state index contributed by atoms with van der Waals surface area (Å²) in [6.45, 7) is 2.08. The smallest absolute Gasteiger partial charge is 0.134 e. The van der Waals surface area contributed by atoms with Gasteiger partial charge in [0.15, 0.2) is 0 Å². The summed E-state index contributed by atoms with van der Waals surface area (Å²) >= 11 is 5.88. The molecule has 0 fully saturated rings. The molecule has 0 saturated carbocycles. The van der Waals surface area contributed by atoms with Crippen LogP contribution in [-0.4, -0.2) is 19.1 Å². The number of nitrogens with one attached hydrogen (secondary N) is 1. The van der Waals surface area contributed by atoms with Crippen LogP contribution in [0.25, 0.3) is 0 Å². The van der Waals surface area contributed by atoms with Gasteiger partial charge in [0.2, 0.25) is 0 Å². The average molecular weight is 277 g/mol. The van der Waals surface area contributed by atoms with Gasteiger partial charge in [-0.25, -0.2) is 4.98 Å². The maximum Gasteiger partial charge on any atom is 0.134 e. The topological polar surface area (TPSA) is 54.2 Å². The van der Waals surface area contributed by atoms with Gasteiger partial charge in [-0.1, -0.05) is 17.7 Å². The van der Waals surface area contributed by atoms with E-state index in [2.05, 4.69) is 34.3 Å². The predicted molar refractivity (Wildman–Crippen MR) is 82.4 cm³/mol. The van der Waals surface area contributed by atoms with E-state index in [-0.39, 0.29) is 0 Å². The van der Waals surface area contributed by atoms with Crippen molar-refractivity contribution in [2.45, 2.75) is 6.92 Å². The number of pyridine rings is 1. The molecule has 2 rings (SSSR count). The molecule has 4 nitrogen and oxygen atoms in total. The van der Waals surface area contributed by atoms with E-state index < -0.39 is 0 Å². The van der Waals surface area contributed by atoms with Crippen molar-refractivity contribution in [1.82, 2.24) is 4.98 Å². The maximum atomic E-state index is 5.88. The number of aryl methyl sites for hydroxylation is 1. The van der Waals surface area contributed by atoms with Crippen molar-refractivity contribution in [2.24, 2.45) is 0 Å². The minimum atomic E-state index is 0.377. The summed E-state index contributed by atoms with van der Waals surface area (Å²) in [4.78, 5) is 6.26. The lowest BCUT2D eigenvalue weighted by atomic mass is 10.1. The van der Waals surface area contributed by atoms with Crippen LogP contribution in [0.4, 0.5) is 22.9 Å². The Kier molecular flexibility index (Phi) is 3.81. The molecule has 1 aromatic carbocycles. The SMILES string of the molecule is Cc1ccc(Nc2cc(N)cc(Cl)n2)cc1N(C)C. The van der Waals surface area contributed by atoms with Gasteiger partial charge in [-0.05, 0) is 30.7 Å². The van der Waals surface area contributed by atoms with Gasteiger partial charge in [-0.2, -0.15) is 0 Å². The summed E-state index contributed by atoms with van der Waals surface area (Å²) in [5.41, 5.74) is 9.65. The number of hydrogen-bond acceptors (Lipinski definition) is 4. The second-order valence-corrected chi connectivity index (χ2v) is 5.02. The summed E-state index contributed by atoms with van der Waals surface area (Å²) in [5.74, 6) is 0.638. The lowest BCUT2D eigenvalue weighted by Gasteiger charge is -2.17. The van der Waals surface area contributed by atoms with Crippen molar-refractivity contribution in [3.8, 4) is 0 Å². The Morgan fingerprint density at radius 2 is 1.95 bits per heavy atom. The van der Waals surface area contributed by atoms with E-state index in [1.807, 2.05) is 20.2 Å². The third-order valence-electron chi connectivity index (χ3n) is 2.78. The molecule has 100 valence electrons. The minimum Gasteiger partial charge on any atom is -0.399 e. The highest BCUT2D eigenvalue weighted by Crippen LogP contribution is 2.25. The van der Waals surface area contributed by atoms with E-state index in [1.165, 1.54) is 5.56 Å². The largest absolute Gasteiger partial charge is 0.399 e. The summed E-state index contributed by atoms with van der Waals surface area (Å²) in [7, 11) is 4.03. The Morgan fingerprint density at radius 1 is 1.21 bits per heavy atom. The summed E-state index contributed by atoms with van der Waals surface area (Å²) in [5, 5.41) is 3.58. The molecule has 0 aliphatic carbocycles. The lowest BCUT2D eigenvalue weighted by Crippen LogP contribution is -2.10. The van der Waals surface area contributed by atoms with E-state index in [9.17, 15) is 0 Å². The van der Waals surface area contributed by atoms with Crippen molar-refractivity contribution >= 4 is 34.5 Å². The first kappa shape index (κ1) is 13.5. The van der Waals surface area contributed by atoms with E-state index in [1.54, 1.807) is 12.1 Å².